The van der Waals surface area contributed by atoms with Gasteiger partial charge in [-0.05, 0) is 66.6 Å². The Morgan fingerprint density at radius 1 is 0.844 bits per heavy atom. The topological polar surface area (TPSA) is 67.9 Å². The molecular formula is C25H21ClN2O4. The minimum Gasteiger partial charge on any atom is -0.497 e. The number of amides is 2. The van der Waals surface area contributed by atoms with Gasteiger partial charge in [-0.15, -0.1) is 0 Å². The van der Waals surface area contributed by atoms with E-state index in [-0.39, 0.29) is 11.3 Å². The van der Waals surface area contributed by atoms with Gasteiger partial charge in [0.15, 0.2) is 0 Å². The molecule has 1 aliphatic heterocycles. The van der Waals surface area contributed by atoms with Crippen LogP contribution in [-0.4, -0.2) is 26.0 Å². The minimum atomic E-state index is -0.466. The number of hydrogen-bond acceptors (Lipinski definition) is 5. The van der Waals surface area contributed by atoms with Crippen molar-refractivity contribution in [2.75, 3.05) is 24.4 Å². The van der Waals surface area contributed by atoms with E-state index in [9.17, 15) is 9.59 Å². The maximum absolute atomic E-state index is 13.5. The summed E-state index contributed by atoms with van der Waals surface area (Å²) in [6.45, 7) is 1.94. The molecule has 1 N–H and O–H groups in total. The summed E-state index contributed by atoms with van der Waals surface area (Å²) in [5, 5.41) is 3.67. The second-order valence-corrected chi connectivity index (χ2v) is 7.67. The molecule has 162 valence electrons. The van der Waals surface area contributed by atoms with Crippen LogP contribution in [0.25, 0.3) is 5.57 Å². The molecule has 0 atom stereocenters. The number of hydrogen-bond donors (Lipinski definition) is 1. The van der Waals surface area contributed by atoms with E-state index in [2.05, 4.69) is 5.32 Å². The van der Waals surface area contributed by atoms with Crippen LogP contribution in [0.2, 0.25) is 5.02 Å². The van der Waals surface area contributed by atoms with Crippen LogP contribution >= 0.6 is 11.6 Å². The predicted molar refractivity (Wildman–Crippen MR) is 125 cm³/mol. The number of halogens is 1. The Morgan fingerprint density at radius 3 is 2.16 bits per heavy atom. The Bertz CT molecular complexity index is 1220. The maximum Gasteiger partial charge on any atom is 0.282 e. The summed E-state index contributed by atoms with van der Waals surface area (Å²) < 4.78 is 10.7. The summed E-state index contributed by atoms with van der Waals surface area (Å²) in [6, 6.07) is 19.1. The monoisotopic (exact) mass is 448 g/mol. The fourth-order valence-electron chi connectivity index (χ4n) is 3.55. The zero-order valence-corrected chi connectivity index (χ0v) is 18.6. The van der Waals surface area contributed by atoms with Gasteiger partial charge in [-0.3, -0.25) is 9.59 Å². The second-order valence-electron chi connectivity index (χ2n) is 7.23. The summed E-state index contributed by atoms with van der Waals surface area (Å²) in [6.07, 6.45) is 0. The largest absolute Gasteiger partial charge is 0.497 e. The quantitative estimate of drug-likeness (QED) is 0.534. The van der Waals surface area contributed by atoms with Crippen LogP contribution < -0.4 is 19.7 Å². The zero-order valence-electron chi connectivity index (χ0n) is 17.8. The molecule has 0 spiro atoms. The molecule has 1 heterocycles. The maximum atomic E-state index is 13.5. The van der Waals surface area contributed by atoms with E-state index in [0.717, 1.165) is 10.5 Å². The number of rotatable bonds is 6. The number of nitrogens with zero attached hydrogens (tertiary/aromatic N) is 1. The fraction of sp³-hybridized carbons (Fsp3) is 0.120. The molecule has 0 unspecified atom stereocenters. The number of carbonyl (C=O) groups is 2. The van der Waals surface area contributed by atoms with Crippen LogP contribution in [-0.2, 0) is 9.59 Å². The highest BCUT2D eigenvalue weighted by Crippen LogP contribution is 2.36. The molecule has 3 aromatic carbocycles. The van der Waals surface area contributed by atoms with Gasteiger partial charge >= 0.3 is 0 Å². The molecule has 4 rings (SSSR count). The van der Waals surface area contributed by atoms with Crippen molar-refractivity contribution in [2.45, 2.75) is 6.92 Å². The average Bonchev–Trinajstić information content (AvgIpc) is 3.04. The molecule has 0 fully saturated rings. The van der Waals surface area contributed by atoms with E-state index in [1.807, 2.05) is 25.1 Å². The molecule has 7 heteroatoms. The number of aryl methyl sites for hydroxylation is 1. The molecule has 32 heavy (non-hydrogen) atoms. The number of nitrogens with one attached hydrogen (secondary N) is 1. The summed E-state index contributed by atoms with van der Waals surface area (Å²) >= 11 is 5.99. The Labute approximate surface area is 191 Å². The highest BCUT2D eigenvalue weighted by Gasteiger charge is 2.40. The zero-order chi connectivity index (χ0) is 22.8. The average molecular weight is 449 g/mol. The first-order chi connectivity index (χ1) is 15.4. The van der Waals surface area contributed by atoms with Crippen molar-refractivity contribution in [3.05, 3.63) is 88.6 Å². The van der Waals surface area contributed by atoms with Crippen LogP contribution in [0.4, 0.5) is 11.4 Å². The number of benzene rings is 3. The number of anilines is 2. The third kappa shape index (κ3) is 3.92. The van der Waals surface area contributed by atoms with E-state index in [0.29, 0.717) is 33.5 Å². The highest BCUT2D eigenvalue weighted by molar-refractivity contribution is 6.46. The Kier molecular flexibility index (Phi) is 5.88. The van der Waals surface area contributed by atoms with E-state index < -0.39 is 11.8 Å². The summed E-state index contributed by atoms with van der Waals surface area (Å²) in [4.78, 5) is 28.1. The fourth-order valence-corrected chi connectivity index (χ4v) is 3.68. The molecule has 0 radical (unpaired) electrons. The lowest BCUT2D eigenvalue weighted by Gasteiger charge is -2.16. The van der Waals surface area contributed by atoms with Gasteiger partial charge in [0.05, 0.1) is 31.2 Å². The lowest BCUT2D eigenvalue weighted by atomic mass is 10.0. The first-order valence-corrected chi connectivity index (χ1v) is 10.3. The van der Waals surface area contributed by atoms with Gasteiger partial charge in [-0.25, -0.2) is 4.90 Å². The minimum absolute atomic E-state index is 0.166. The first-order valence-electron chi connectivity index (χ1n) is 9.87. The van der Waals surface area contributed by atoms with Gasteiger partial charge in [0.25, 0.3) is 11.8 Å². The normalized spacial score (nSPS) is 13.6. The molecular weight excluding hydrogens is 428 g/mol. The molecule has 3 aromatic rings. The van der Waals surface area contributed by atoms with Crippen molar-refractivity contribution >= 4 is 40.4 Å². The predicted octanol–water partition coefficient (Wildman–Crippen LogP) is 5.06. The van der Waals surface area contributed by atoms with E-state index in [1.165, 1.54) is 0 Å². The summed E-state index contributed by atoms with van der Waals surface area (Å²) in [7, 11) is 3.12. The van der Waals surface area contributed by atoms with Crippen LogP contribution in [0, 0.1) is 6.92 Å². The molecule has 6 nitrogen and oxygen atoms in total. The second kappa shape index (κ2) is 8.77. The van der Waals surface area contributed by atoms with Gasteiger partial charge < -0.3 is 14.8 Å². The van der Waals surface area contributed by atoms with Crippen LogP contribution in [0.1, 0.15) is 11.1 Å². The standard InChI is InChI=1S/C25H21ClN2O4/c1-15-4-13-21(32-3)20(14-15)27-23-22(16-5-11-19(31-2)12-6-16)24(29)28(25(23)30)18-9-7-17(26)8-10-18/h4-14,27H,1-3H3. The van der Waals surface area contributed by atoms with E-state index in [4.69, 9.17) is 21.1 Å². The third-order valence-electron chi connectivity index (χ3n) is 5.16. The van der Waals surface area contributed by atoms with Crippen molar-refractivity contribution in [1.82, 2.24) is 0 Å². The van der Waals surface area contributed by atoms with E-state index >= 15 is 0 Å². The molecule has 0 aliphatic carbocycles. The van der Waals surface area contributed by atoms with Crippen LogP contribution in [0.5, 0.6) is 11.5 Å². The van der Waals surface area contributed by atoms with Gasteiger partial charge in [-0.1, -0.05) is 29.8 Å². The summed E-state index contributed by atoms with van der Waals surface area (Å²) in [5.74, 6) is 0.307. The lowest BCUT2D eigenvalue weighted by molar-refractivity contribution is -0.120. The van der Waals surface area contributed by atoms with Crippen molar-refractivity contribution in [1.29, 1.82) is 0 Å². The Morgan fingerprint density at radius 2 is 1.53 bits per heavy atom. The molecule has 0 bridgehead atoms. The molecule has 2 amide bonds. The number of ether oxygens (including phenoxy) is 2. The van der Waals surface area contributed by atoms with Gasteiger partial charge in [0, 0.05) is 5.02 Å². The first kappa shape index (κ1) is 21.5. The lowest BCUT2D eigenvalue weighted by Crippen LogP contribution is -2.32. The highest BCUT2D eigenvalue weighted by atomic mass is 35.5. The summed E-state index contributed by atoms with van der Waals surface area (Å²) in [5.41, 5.74) is 3.02. The molecule has 1 aliphatic rings. The van der Waals surface area contributed by atoms with Gasteiger partial charge in [-0.2, -0.15) is 0 Å². The van der Waals surface area contributed by atoms with Crippen LogP contribution in [0.3, 0.4) is 0 Å². The van der Waals surface area contributed by atoms with Crippen LogP contribution in [0.15, 0.2) is 72.4 Å². The molecule has 0 saturated heterocycles. The van der Waals surface area contributed by atoms with Gasteiger partial charge in [0.2, 0.25) is 0 Å². The van der Waals surface area contributed by atoms with Gasteiger partial charge in [0.1, 0.15) is 17.2 Å². The Hall–Kier alpha value is -3.77. The molecule has 0 saturated carbocycles. The van der Waals surface area contributed by atoms with Crippen molar-refractivity contribution in [3.8, 4) is 11.5 Å². The molecule has 0 aromatic heterocycles. The van der Waals surface area contributed by atoms with E-state index in [1.54, 1.807) is 62.8 Å². The van der Waals surface area contributed by atoms with Crippen molar-refractivity contribution in [3.63, 3.8) is 0 Å². The van der Waals surface area contributed by atoms with Crippen molar-refractivity contribution < 1.29 is 19.1 Å². The SMILES string of the molecule is COc1ccc(C2=C(Nc3cc(C)ccc3OC)C(=O)N(c3ccc(Cl)cc3)C2=O)cc1. The Balaban J connectivity index is 1.84. The number of carbonyl (C=O) groups excluding carboxylic acids is 2. The number of imide groups is 1. The number of methoxy groups -OCH3 is 2. The smallest absolute Gasteiger partial charge is 0.282 e. The third-order valence-corrected chi connectivity index (χ3v) is 5.41. The van der Waals surface area contributed by atoms with Crippen molar-refractivity contribution in [2.24, 2.45) is 0 Å².